The lowest BCUT2D eigenvalue weighted by atomic mass is 9.89. The van der Waals surface area contributed by atoms with Gasteiger partial charge in [-0.1, -0.05) is 66.7 Å². The second kappa shape index (κ2) is 7.72. The van der Waals surface area contributed by atoms with Gasteiger partial charge in [-0.05, 0) is 23.6 Å². The number of fused-ring (bicyclic) bond motifs is 3. The number of rotatable bonds is 4. The van der Waals surface area contributed by atoms with Gasteiger partial charge in [-0.3, -0.25) is 15.4 Å². The lowest BCUT2D eigenvalue weighted by Gasteiger charge is -2.30. The number of aromatic amines is 2. The van der Waals surface area contributed by atoms with Crippen LogP contribution in [0.5, 0.6) is 0 Å². The van der Waals surface area contributed by atoms with E-state index in [2.05, 4.69) is 26.3 Å². The SMILES string of the molecule is O=[N+]([O-])c1ccccc1C1N[C@@H](c2ncc(-c3ccccc3)[nH]2)Cc2c1[nH]c1ccccc21. The molecular formula is C26H21N5O2. The molecule has 3 heterocycles. The molecule has 0 saturated heterocycles. The Balaban J connectivity index is 1.48. The molecule has 0 radical (unpaired) electrons. The first-order valence-corrected chi connectivity index (χ1v) is 10.9. The van der Waals surface area contributed by atoms with Gasteiger partial charge in [0.25, 0.3) is 5.69 Å². The average molecular weight is 435 g/mol. The molecule has 2 aromatic heterocycles. The molecule has 162 valence electrons. The standard InChI is InChI=1S/C26H21N5O2/c32-31(33)23-13-7-5-11-18(23)24-25-19(17-10-4-6-12-20(17)28-25)14-21(29-24)26-27-15-22(30-26)16-8-2-1-3-9-16/h1-13,15,21,24,28-29H,14H2,(H,27,30)/t21-,24?/m1/s1. The van der Waals surface area contributed by atoms with Crippen molar-refractivity contribution in [2.75, 3.05) is 0 Å². The zero-order valence-electron chi connectivity index (χ0n) is 17.7. The Morgan fingerprint density at radius 1 is 0.909 bits per heavy atom. The van der Waals surface area contributed by atoms with Gasteiger partial charge in [0.1, 0.15) is 5.82 Å². The number of nitro groups is 1. The van der Waals surface area contributed by atoms with Crippen molar-refractivity contribution in [3.63, 3.8) is 0 Å². The number of nitro benzene ring substituents is 1. The third-order valence-electron chi connectivity index (χ3n) is 6.37. The number of hydrogen-bond donors (Lipinski definition) is 3. The monoisotopic (exact) mass is 435 g/mol. The summed E-state index contributed by atoms with van der Waals surface area (Å²) in [7, 11) is 0. The van der Waals surface area contributed by atoms with Gasteiger partial charge in [0.15, 0.2) is 0 Å². The van der Waals surface area contributed by atoms with Crippen LogP contribution < -0.4 is 5.32 Å². The summed E-state index contributed by atoms with van der Waals surface area (Å²) in [5.74, 6) is 0.813. The van der Waals surface area contributed by atoms with E-state index in [-0.39, 0.29) is 22.7 Å². The first-order chi connectivity index (χ1) is 16.2. The molecule has 1 aliphatic heterocycles. The van der Waals surface area contributed by atoms with Gasteiger partial charge in [-0.2, -0.15) is 0 Å². The molecule has 1 aliphatic rings. The number of hydrogen-bond acceptors (Lipinski definition) is 4. The molecule has 7 nitrogen and oxygen atoms in total. The van der Waals surface area contributed by atoms with Crippen LogP contribution >= 0.6 is 0 Å². The summed E-state index contributed by atoms with van der Waals surface area (Å²) in [6.45, 7) is 0. The van der Waals surface area contributed by atoms with Crippen LogP contribution in [-0.4, -0.2) is 19.9 Å². The predicted molar refractivity (Wildman–Crippen MR) is 127 cm³/mol. The van der Waals surface area contributed by atoms with Gasteiger partial charge < -0.3 is 9.97 Å². The zero-order valence-corrected chi connectivity index (χ0v) is 17.7. The highest BCUT2D eigenvalue weighted by Gasteiger charge is 2.35. The van der Waals surface area contributed by atoms with Crippen LogP contribution in [0.2, 0.25) is 0 Å². The van der Waals surface area contributed by atoms with Crippen molar-refractivity contribution in [3.8, 4) is 11.3 Å². The molecule has 2 atom stereocenters. The highest BCUT2D eigenvalue weighted by molar-refractivity contribution is 5.85. The third-order valence-corrected chi connectivity index (χ3v) is 6.37. The highest BCUT2D eigenvalue weighted by atomic mass is 16.6. The zero-order chi connectivity index (χ0) is 22.4. The Morgan fingerprint density at radius 3 is 2.52 bits per heavy atom. The number of aromatic nitrogens is 3. The van der Waals surface area contributed by atoms with Crippen LogP contribution in [0, 0.1) is 10.1 Å². The molecular weight excluding hydrogens is 414 g/mol. The van der Waals surface area contributed by atoms with Gasteiger partial charge in [0.05, 0.1) is 34.5 Å². The number of H-pyrrole nitrogens is 2. The summed E-state index contributed by atoms with van der Waals surface area (Å²) in [4.78, 5) is 23.2. The van der Waals surface area contributed by atoms with E-state index in [4.69, 9.17) is 0 Å². The molecule has 33 heavy (non-hydrogen) atoms. The molecule has 0 amide bonds. The minimum absolute atomic E-state index is 0.102. The molecule has 0 spiro atoms. The molecule has 6 rings (SSSR count). The van der Waals surface area contributed by atoms with Gasteiger partial charge in [0.2, 0.25) is 0 Å². The maximum Gasteiger partial charge on any atom is 0.274 e. The molecule has 7 heteroatoms. The molecule has 1 unspecified atom stereocenters. The van der Waals surface area contributed by atoms with Crippen molar-refractivity contribution in [2.45, 2.75) is 18.5 Å². The van der Waals surface area contributed by atoms with E-state index in [9.17, 15) is 10.1 Å². The van der Waals surface area contributed by atoms with Crippen LogP contribution in [0.4, 0.5) is 5.69 Å². The molecule has 0 bridgehead atoms. The van der Waals surface area contributed by atoms with Gasteiger partial charge >= 0.3 is 0 Å². The van der Waals surface area contributed by atoms with E-state index in [0.717, 1.165) is 45.7 Å². The number of benzene rings is 3. The van der Waals surface area contributed by atoms with Crippen molar-refractivity contribution >= 4 is 16.6 Å². The lowest BCUT2D eigenvalue weighted by molar-refractivity contribution is -0.385. The van der Waals surface area contributed by atoms with Crippen molar-refractivity contribution < 1.29 is 4.92 Å². The fourth-order valence-corrected chi connectivity index (χ4v) is 4.83. The molecule has 3 N–H and O–H groups in total. The molecule has 0 saturated carbocycles. The maximum absolute atomic E-state index is 11.8. The van der Waals surface area contributed by atoms with Crippen LogP contribution in [0.25, 0.3) is 22.2 Å². The molecule has 3 aromatic carbocycles. The van der Waals surface area contributed by atoms with E-state index in [1.807, 2.05) is 66.9 Å². The van der Waals surface area contributed by atoms with Gasteiger partial charge in [-0.25, -0.2) is 4.98 Å². The molecule has 0 aliphatic carbocycles. The summed E-state index contributed by atoms with van der Waals surface area (Å²) >= 11 is 0. The van der Waals surface area contributed by atoms with E-state index >= 15 is 0 Å². The fraction of sp³-hybridized carbons (Fsp3) is 0.115. The van der Waals surface area contributed by atoms with Crippen LogP contribution in [0.1, 0.15) is 34.7 Å². The summed E-state index contributed by atoms with van der Waals surface area (Å²) < 4.78 is 0. The predicted octanol–water partition coefficient (Wildman–Crippen LogP) is 5.44. The Morgan fingerprint density at radius 2 is 1.67 bits per heavy atom. The first kappa shape index (κ1) is 19.5. The largest absolute Gasteiger partial charge is 0.357 e. The normalized spacial score (nSPS) is 17.7. The average Bonchev–Trinajstić information content (AvgIpc) is 3.49. The minimum Gasteiger partial charge on any atom is -0.357 e. The minimum atomic E-state index is -0.363. The lowest BCUT2D eigenvalue weighted by Crippen LogP contribution is -2.35. The van der Waals surface area contributed by atoms with Crippen LogP contribution in [0.15, 0.2) is 85.1 Å². The van der Waals surface area contributed by atoms with Gasteiger partial charge in [0, 0.05) is 22.7 Å². The maximum atomic E-state index is 11.8. The first-order valence-electron chi connectivity index (χ1n) is 10.9. The van der Waals surface area contributed by atoms with Crippen molar-refractivity contribution in [1.82, 2.24) is 20.3 Å². The Hall–Kier alpha value is -4.23. The summed E-state index contributed by atoms with van der Waals surface area (Å²) in [6.07, 6.45) is 2.56. The van der Waals surface area contributed by atoms with E-state index in [0.29, 0.717) is 5.56 Å². The Bertz CT molecular complexity index is 1470. The quantitative estimate of drug-likeness (QED) is 0.258. The van der Waals surface area contributed by atoms with Crippen molar-refractivity contribution in [2.24, 2.45) is 0 Å². The topological polar surface area (TPSA) is 99.6 Å². The third kappa shape index (κ3) is 3.30. The highest BCUT2D eigenvalue weighted by Crippen LogP contribution is 2.41. The molecule has 0 fully saturated rings. The summed E-state index contributed by atoms with van der Waals surface area (Å²) in [6, 6.07) is 24.7. The van der Waals surface area contributed by atoms with E-state index < -0.39 is 0 Å². The number of nitrogens with one attached hydrogen (secondary N) is 3. The second-order valence-electron chi connectivity index (χ2n) is 8.28. The fourth-order valence-electron chi connectivity index (χ4n) is 4.83. The van der Waals surface area contributed by atoms with Crippen molar-refractivity contribution in [3.05, 3.63) is 118 Å². The van der Waals surface area contributed by atoms with Crippen LogP contribution in [-0.2, 0) is 6.42 Å². The Kier molecular flexibility index (Phi) is 4.55. The number of imidazole rings is 1. The second-order valence-corrected chi connectivity index (χ2v) is 8.28. The number of nitrogens with zero attached hydrogens (tertiary/aromatic N) is 2. The summed E-state index contributed by atoms with van der Waals surface area (Å²) in [5, 5.41) is 16.6. The van der Waals surface area contributed by atoms with Gasteiger partial charge in [-0.15, -0.1) is 0 Å². The van der Waals surface area contributed by atoms with E-state index in [1.54, 1.807) is 12.1 Å². The van der Waals surface area contributed by atoms with Crippen LogP contribution in [0.3, 0.4) is 0 Å². The number of para-hydroxylation sites is 2. The molecule has 5 aromatic rings. The Labute approximate surface area is 189 Å². The van der Waals surface area contributed by atoms with E-state index in [1.165, 1.54) is 0 Å². The smallest absolute Gasteiger partial charge is 0.274 e. The van der Waals surface area contributed by atoms with Crippen molar-refractivity contribution in [1.29, 1.82) is 0 Å². The summed E-state index contributed by atoms with van der Waals surface area (Å²) in [5.41, 5.74) is 5.90.